The maximum atomic E-state index is 10.7. The molecule has 0 aliphatic rings. The SMILES string of the molecule is C[n+]1c(-c2ccc(C=O)cc2)cn2ccccc21. The summed E-state index contributed by atoms with van der Waals surface area (Å²) in [7, 11) is 2.04. The maximum Gasteiger partial charge on any atom is 0.286 e. The second-order valence-electron chi connectivity index (χ2n) is 4.28. The Bertz CT molecular complexity index is 711. The number of carbonyl (C=O) groups is 1. The summed E-state index contributed by atoms with van der Waals surface area (Å²) in [5.74, 6) is 0. The average Bonchev–Trinajstić information content (AvgIpc) is 2.77. The first kappa shape index (κ1) is 10.7. The van der Waals surface area contributed by atoms with Crippen LogP contribution in [0.5, 0.6) is 0 Å². The van der Waals surface area contributed by atoms with E-state index in [4.69, 9.17) is 0 Å². The monoisotopic (exact) mass is 237 g/mol. The maximum absolute atomic E-state index is 10.7. The van der Waals surface area contributed by atoms with Gasteiger partial charge in [0.05, 0.1) is 13.2 Å². The number of rotatable bonds is 2. The molecule has 3 nitrogen and oxygen atoms in total. The fourth-order valence-corrected chi connectivity index (χ4v) is 2.18. The van der Waals surface area contributed by atoms with Gasteiger partial charge in [-0.05, 0) is 18.2 Å². The normalized spacial score (nSPS) is 10.7. The molecule has 0 atom stereocenters. The summed E-state index contributed by atoms with van der Waals surface area (Å²) in [5, 5.41) is 0. The number of aromatic nitrogens is 2. The van der Waals surface area contributed by atoms with Crippen LogP contribution in [0.3, 0.4) is 0 Å². The Hall–Kier alpha value is -2.42. The first-order valence-electron chi connectivity index (χ1n) is 5.81. The lowest BCUT2D eigenvalue weighted by Gasteiger charge is -1.97. The number of hydrogen-bond acceptors (Lipinski definition) is 1. The number of aldehydes is 1. The van der Waals surface area contributed by atoms with E-state index in [1.54, 1.807) is 0 Å². The van der Waals surface area contributed by atoms with E-state index in [1.807, 2.05) is 49.6 Å². The molecule has 3 heteroatoms. The second kappa shape index (κ2) is 4.11. The fraction of sp³-hybridized carbons (Fsp3) is 0.0667. The van der Waals surface area contributed by atoms with Crippen molar-refractivity contribution in [3.63, 3.8) is 0 Å². The second-order valence-corrected chi connectivity index (χ2v) is 4.28. The molecule has 0 amide bonds. The first-order valence-corrected chi connectivity index (χ1v) is 5.81. The molecule has 0 fully saturated rings. The summed E-state index contributed by atoms with van der Waals surface area (Å²) < 4.78 is 4.22. The van der Waals surface area contributed by atoms with Gasteiger partial charge in [-0.25, -0.2) is 8.97 Å². The molecule has 0 unspecified atom stereocenters. The predicted octanol–water partition coefficient (Wildman–Crippen LogP) is 2.24. The highest BCUT2D eigenvalue weighted by Gasteiger charge is 2.14. The summed E-state index contributed by atoms with van der Waals surface area (Å²) in [6.07, 6.45) is 4.98. The van der Waals surface area contributed by atoms with Crippen molar-refractivity contribution >= 4 is 11.9 Å². The number of nitrogens with zero attached hydrogens (tertiary/aromatic N) is 2. The third-order valence-electron chi connectivity index (χ3n) is 3.18. The van der Waals surface area contributed by atoms with Crippen LogP contribution in [-0.4, -0.2) is 10.7 Å². The molecule has 3 aromatic rings. The molecule has 0 N–H and O–H groups in total. The van der Waals surface area contributed by atoms with Crippen molar-refractivity contribution in [2.24, 2.45) is 7.05 Å². The standard InChI is InChI=1S/C15H13N2O/c1-16-14(10-17-9-3-2-4-15(16)17)13-7-5-12(11-18)6-8-13/h2-11H,1H3/q+1. The molecule has 1 aromatic carbocycles. The smallest absolute Gasteiger partial charge is 0.286 e. The molecule has 3 rings (SSSR count). The van der Waals surface area contributed by atoms with Crippen molar-refractivity contribution in [3.8, 4) is 11.3 Å². The molecule has 2 aromatic heterocycles. The minimum Gasteiger partial charge on any atom is -0.298 e. The Morgan fingerprint density at radius 1 is 1.11 bits per heavy atom. The van der Waals surface area contributed by atoms with Gasteiger partial charge in [-0.2, -0.15) is 0 Å². The molecule has 0 radical (unpaired) electrons. The predicted molar refractivity (Wildman–Crippen MR) is 69.4 cm³/mol. The quantitative estimate of drug-likeness (QED) is 0.495. The minimum atomic E-state index is 0.699. The van der Waals surface area contributed by atoms with Crippen LogP contribution in [0.15, 0.2) is 54.9 Å². The zero-order valence-electron chi connectivity index (χ0n) is 10.1. The Morgan fingerprint density at radius 3 is 2.56 bits per heavy atom. The van der Waals surface area contributed by atoms with Crippen molar-refractivity contribution in [2.75, 3.05) is 0 Å². The summed E-state index contributed by atoms with van der Waals surface area (Å²) >= 11 is 0. The van der Waals surface area contributed by atoms with Crippen LogP contribution >= 0.6 is 0 Å². The molecule has 0 saturated carbocycles. The fourth-order valence-electron chi connectivity index (χ4n) is 2.18. The lowest BCUT2D eigenvalue weighted by Crippen LogP contribution is -2.29. The van der Waals surface area contributed by atoms with Crippen LogP contribution < -0.4 is 4.57 Å². The Kier molecular flexibility index (Phi) is 2.45. The van der Waals surface area contributed by atoms with Crippen molar-refractivity contribution in [3.05, 3.63) is 60.4 Å². The van der Waals surface area contributed by atoms with Gasteiger partial charge in [-0.3, -0.25) is 4.79 Å². The summed E-state index contributed by atoms with van der Waals surface area (Å²) in [5.41, 5.74) is 4.06. The Balaban J connectivity index is 2.18. The van der Waals surface area contributed by atoms with E-state index in [9.17, 15) is 4.79 Å². The van der Waals surface area contributed by atoms with Crippen LogP contribution in [0.4, 0.5) is 0 Å². The number of carbonyl (C=O) groups excluding carboxylic acids is 1. The van der Waals surface area contributed by atoms with Gasteiger partial charge in [0.2, 0.25) is 0 Å². The lowest BCUT2D eigenvalue weighted by atomic mass is 10.1. The highest BCUT2D eigenvalue weighted by atomic mass is 16.1. The van der Waals surface area contributed by atoms with E-state index >= 15 is 0 Å². The molecule has 18 heavy (non-hydrogen) atoms. The number of imidazole rings is 1. The minimum absolute atomic E-state index is 0.699. The third-order valence-corrected chi connectivity index (χ3v) is 3.18. The van der Waals surface area contributed by atoms with Gasteiger partial charge < -0.3 is 0 Å². The molecule has 2 heterocycles. The zero-order chi connectivity index (χ0) is 12.5. The number of fused-ring (bicyclic) bond motifs is 1. The van der Waals surface area contributed by atoms with Gasteiger partial charge in [0.1, 0.15) is 12.5 Å². The van der Waals surface area contributed by atoms with Crippen LogP contribution in [0.2, 0.25) is 0 Å². The van der Waals surface area contributed by atoms with Crippen molar-refractivity contribution in [1.29, 1.82) is 0 Å². The zero-order valence-corrected chi connectivity index (χ0v) is 10.1. The van der Waals surface area contributed by atoms with Crippen molar-refractivity contribution in [2.45, 2.75) is 0 Å². The number of aryl methyl sites for hydroxylation is 1. The summed E-state index contributed by atoms with van der Waals surface area (Å²) in [4.78, 5) is 10.7. The van der Waals surface area contributed by atoms with Crippen LogP contribution in [0.1, 0.15) is 10.4 Å². The van der Waals surface area contributed by atoms with Crippen molar-refractivity contribution in [1.82, 2.24) is 4.40 Å². The van der Waals surface area contributed by atoms with Gasteiger partial charge in [0.25, 0.3) is 5.65 Å². The first-order chi connectivity index (χ1) is 8.79. The van der Waals surface area contributed by atoms with Crippen LogP contribution in [-0.2, 0) is 7.05 Å². The molecule has 0 saturated heterocycles. The number of benzene rings is 1. The van der Waals surface area contributed by atoms with Gasteiger partial charge in [0.15, 0.2) is 5.69 Å². The molecule has 0 aliphatic heterocycles. The van der Waals surface area contributed by atoms with Gasteiger partial charge in [0, 0.05) is 17.2 Å². The highest BCUT2D eigenvalue weighted by Crippen LogP contribution is 2.17. The molecule has 88 valence electrons. The number of pyridine rings is 1. The molecule has 0 bridgehead atoms. The topological polar surface area (TPSA) is 25.4 Å². The van der Waals surface area contributed by atoms with E-state index in [-0.39, 0.29) is 0 Å². The lowest BCUT2D eigenvalue weighted by molar-refractivity contribution is -0.633. The van der Waals surface area contributed by atoms with E-state index in [1.165, 1.54) is 0 Å². The van der Waals surface area contributed by atoms with E-state index in [0.717, 1.165) is 23.2 Å². The summed E-state index contributed by atoms with van der Waals surface area (Å²) in [6.45, 7) is 0. The Labute approximate surface area is 105 Å². The van der Waals surface area contributed by atoms with Crippen LogP contribution in [0, 0.1) is 0 Å². The Morgan fingerprint density at radius 2 is 1.89 bits per heavy atom. The van der Waals surface area contributed by atoms with Gasteiger partial charge in [-0.15, -0.1) is 0 Å². The van der Waals surface area contributed by atoms with Crippen molar-refractivity contribution < 1.29 is 9.36 Å². The van der Waals surface area contributed by atoms with Crippen LogP contribution in [0.25, 0.3) is 16.9 Å². The summed E-state index contributed by atoms with van der Waals surface area (Å²) in [6, 6.07) is 13.7. The molecule has 0 aliphatic carbocycles. The molecular weight excluding hydrogens is 224 g/mol. The highest BCUT2D eigenvalue weighted by molar-refractivity contribution is 5.76. The molecule has 0 spiro atoms. The van der Waals surface area contributed by atoms with E-state index in [2.05, 4.69) is 21.2 Å². The third kappa shape index (κ3) is 1.61. The number of hydrogen-bond donors (Lipinski definition) is 0. The van der Waals surface area contributed by atoms with E-state index in [0.29, 0.717) is 5.56 Å². The van der Waals surface area contributed by atoms with Gasteiger partial charge >= 0.3 is 0 Å². The van der Waals surface area contributed by atoms with E-state index < -0.39 is 0 Å². The average molecular weight is 237 g/mol. The van der Waals surface area contributed by atoms with Gasteiger partial charge in [-0.1, -0.05) is 18.2 Å². The molecular formula is C15H13N2O+. The largest absolute Gasteiger partial charge is 0.298 e.